The van der Waals surface area contributed by atoms with Gasteiger partial charge in [-0.1, -0.05) is 6.07 Å². The number of benzene rings is 1. The van der Waals surface area contributed by atoms with Crippen molar-refractivity contribution in [2.45, 2.75) is 51.5 Å². The standard InChI is InChI=1S/C22H26F2N4O/c1-13-18(12-27(3)26-13)15-5-6-19-17(11-15)20(14(2)28(19)4)21(29)25-16-7-9-22(23,24)10-8-16/h5-6,11-12,16H,7-10H2,1-4H3,(H,25,29). The second-order valence-electron chi connectivity index (χ2n) is 8.16. The number of amides is 1. The number of nitrogens with one attached hydrogen (secondary N) is 1. The van der Waals surface area contributed by atoms with E-state index in [1.54, 1.807) is 4.68 Å². The van der Waals surface area contributed by atoms with Crippen LogP contribution >= 0.6 is 0 Å². The molecule has 154 valence electrons. The van der Waals surface area contributed by atoms with Crippen molar-refractivity contribution in [3.8, 4) is 11.1 Å². The summed E-state index contributed by atoms with van der Waals surface area (Å²) in [5, 5.41) is 8.26. The average Bonchev–Trinajstić information content (AvgIpc) is 3.12. The van der Waals surface area contributed by atoms with E-state index >= 15 is 0 Å². The molecule has 1 fully saturated rings. The third kappa shape index (κ3) is 3.54. The van der Waals surface area contributed by atoms with Gasteiger partial charge in [0.05, 0.1) is 11.3 Å². The molecule has 1 saturated carbocycles. The molecule has 0 saturated heterocycles. The van der Waals surface area contributed by atoms with Crippen LogP contribution in [0.15, 0.2) is 24.4 Å². The zero-order chi connectivity index (χ0) is 20.9. The number of hydrogen-bond acceptors (Lipinski definition) is 2. The Labute approximate surface area is 168 Å². The smallest absolute Gasteiger partial charge is 0.253 e. The van der Waals surface area contributed by atoms with Crippen molar-refractivity contribution in [2.24, 2.45) is 14.1 Å². The van der Waals surface area contributed by atoms with E-state index in [4.69, 9.17) is 0 Å². The van der Waals surface area contributed by atoms with Crippen LogP contribution < -0.4 is 5.32 Å². The molecule has 0 spiro atoms. The van der Waals surface area contributed by atoms with E-state index in [0.29, 0.717) is 18.4 Å². The number of rotatable bonds is 3. The summed E-state index contributed by atoms with van der Waals surface area (Å²) in [7, 11) is 3.82. The molecular weight excluding hydrogens is 374 g/mol. The summed E-state index contributed by atoms with van der Waals surface area (Å²) < 4.78 is 30.6. The maximum absolute atomic E-state index is 13.4. The Morgan fingerprint density at radius 1 is 1.21 bits per heavy atom. The summed E-state index contributed by atoms with van der Waals surface area (Å²) in [6.45, 7) is 3.88. The number of halogens is 2. The first-order valence-corrected chi connectivity index (χ1v) is 9.94. The number of hydrogen-bond donors (Lipinski definition) is 1. The lowest BCUT2D eigenvalue weighted by Crippen LogP contribution is -2.40. The van der Waals surface area contributed by atoms with Crippen LogP contribution in [0.1, 0.15) is 47.4 Å². The second kappa shape index (κ2) is 6.97. The predicted molar refractivity (Wildman–Crippen MR) is 109 cm³/mol. The molecule has 0 unspecified atom stereocenters. The fraction of sp³-hybridized carbons (Fsp3) is 0.455. The van der Waals surface area contributed by atoms with Crippen LogP contribution in [0.5, 0.6) is 0 Å². The van der Waals surface area contributed by atoms with E-state index in [2.05, 4.69) is 10.4 Å². The summed E-state index contributed by atoms with van der Waals surface area (Å²) in [4.78, 5) is 13.1. The van der Waals surface area contributed by atoms with Crippen molar-refractivity contribution in [3.05, 3.63) is 41.3 Å². The molecule has 1 N–H and O–H groups in total. The normalized spacial score (nSPS) is 17.0. The molecule has 3 aromatic rings. The molecule has 0 aliphatic heterocycles. The van der Waals surface area contributed by atoms with Gasteiger partial charge >= 0.3 is 0 Å². The van der Waals surface area contributed by atoms with Crippen LogP contribution in [0.25, 0.3) is 22.0 Å². The second-order valence-corrected chi connectivity index (χ2v) is 8.16. The zero-order valence-corrected chi connectivity index (χ0v) is 17.2. The summed E-state index contributed by atoms with van der Waals surface area (Å²) in [6.07, 6.45) is 2.24. The van der Waals surface area contributed by atoms with E-state index in [1.807, 2.05) is 56.9 Å². The van der Waals surface area contributed by atoms with Crippen molar-refractivity contribution < 1.29 is 13.6 Å². The molecule has 5 nitrogen and oxygen atoms in total. The van der Waals surface area contributed by atoms with Gasteiger partial charge in [-0.05, 0) is 44.4 Å². The fourth-order valence-corrected chi connectivity index (χ4v) is 4.35. The third-order valence-corrected chi connectivity index (χ3v) is 6.10. The Morgan fingerprint density at radius 2 is 1.90 bits per heavy atom. The summed E-state index contributed by atoms with van der Waals surface area (Å²) >= 11 is 0. The molecule has 0 bridgehead atoms. The number of aromatic nitrogens is 3. The van der Waals surface area contributed by atoms with E-state index in [-0.39, 0.29) is 24.8 Å². The molecule has 0 radical (unpaired) electrons. The van der Waals surface area contributed by atoms with Gasteiger partial charge in [-0.2, -0.15) is 5.10 Å². The van der Waals surface area contributed by atoms with Gasteiger partial charge in [0.2, 0.25) is 5.92 Å². The minimum Gasteiger partial charge on any atom is -0.349 e. The quantitative estimate of drug-likeness (QED) is 0.704. The molecular formula is C22H26F2N4O. The van der Waals surface area contributed by atoms with Crippen molar-refractivity contribution >= 4 is 16.8 Å². The maximum Gasteiger partial charge on any atom is 0.253 e. The highest BCUT2D eigenvalue weighted by Crippen LogP contribution is 2.34. The largest absolute Gasteiger partial charge is 0.349 e. The molecule has 1 amide bonds. The van der Waals surface area contributed by atoms with Crippen molar-refractivity contribution in [3.63, 3.8) is 0 Å². The molecule has 1 aliphatic rings. The summed E-state index contributed by atoms with van der Waals surface area (Å²) in [5.74, 6) is -2.80. The summed E-state index contributed by atoms with van der Waals surface area (Å²) in [6, 6.07) is 5.87. The fourth-order valence-electron chi connectivity index (χ4n) is 4.35. The van der Waals surface area contributed by atoms with Crippen LogP contribution in [0, 0.1) is 13.8 Å². The topological polar surface area (TPSA) is 51.9 Å². The van der Waals surface area contributed by atoms with Crippen LogP contribution in [-0.2, 0) is 14.1 Å². The van der Waals surface area contributed by atoms with Gasteiger partial charge in [0.1, 0.15) is 0 Å². The Hall–Kier alpha value is -2.70. The van der Waals surface area contributed by atoms with E-state index in [0.717, 1.165) is 33.4 Å². The lowest BCUT2D eigenvalue weighted by atomic mass is 9.92. The summed E-state index contributed by atoms with van der Waals surface area (Å²) in [5.41, 5.74) is 5.39. The van der Waals surface area contributed by atoms with Crippen LogP contribution in [0.4, 0.5) is 8.78 Å². The van der Waals surface area contributed by atoms with Gasteiger partial charge in [-0.25, -0.2) is 8.78 Å². The Balaban J connectivity index is 1.70. The average molecular weight is 400 g/mol. The molecule has 7 heteroatoms. The lowest BCUT2D eigenvalue weighted by molar-refractivity contribution is -0.0399. The Bertz CT molecular complexity index is 1090. The molecule has 29 heavy (non-hydrogen) atoms. The SMILES string of the molecule is Cc1nn(C)cc1-c1ccc2c(c1)c(C(=O)NC1CCC(F)(F)CC1)c(C)n2C. The highest BCUT2D eigenvalue weighted by molar-refractivity contribution is 6.09. The van der Waals surface area contributed by atoms with Gasteiger partial charge in [0.25, 0.3) is 5.91 Å². The number of aryl methyl sites for hydroxylation is 3. The molecule has 1 aliphatic carbocycles. The minimum absolute atomic E-state index is 0.170. The molecule has 2 heterocycles. The number of alkyl halides is 2. The van der Waals surface area contributed by atoms with Crippen LogP contribution in [0.3, 0.4) is 0 Å². The monoisotopic (exact) mass is 400 g/mol. The van der Waals surface area contributed by atoms with Crippen LogP contribution in [0.2, 0.25) is 0 Å². The third-order valence-electron chi connectivity index (χ3n) is 6.10. The number of nitrogens with zero attached hydrogens (tertiary/aromatic N) is 3. The molecule has 4 rings (SSSR count). The molecule has 0 atom stereocenters. The highest BCUT2D eigenvalue weighted by Gasteiger charge is 2.35. The first-order chi connectivity index (χ1) is 13.7. The predicted octanol–water partition coefficient (Wildman–Crippen LogP) is 4.50. The van der Waals surface area contributed by atoms with Gasteiger partial charge < -0.3 is 9.88 Å². The van der Waals surface area contributed by atoms with Crippen molar-refractivity contribution in [1.82, 2.24) is 19.7 Å². The first-order valence-electron chi connectivity index (χ1n) is 9.94. The van der Waals surface area contributed by atoms with Gasteiger partial charge in [0.15, 0.2) is 0 Å². The molecule has 2 aromatic heterocycles. The Kier molecular flexibility index (Phi) is 4.71. The van der Waals surface area contributed by atoms with E-state index < -0.39 is 5.92 Å². The van der Waals surface area contributed by atoms with Crippen molar-refractivity contribution in [2.75, 3.05) is 0 Å². The number of carbonyl (C=O) groups is 1. The molecule has 1 aromatic carbocycles. The van der Waals surface area contributed by atoms with Gasteiger partial charge in [-0.15, -0.1) is 0 Å². The Morgan fingerprint density at radius 3 is 2.52 bits per heavy atom. The zero-order valence-electron chi connectivity index (χ0n) is 17.2. The maximum atomic E-state index is 13.4. The number of fused-ring (bicyclic) bond motifs is 1. The minimum atomic E-state index is -2.60. The van der Waals surface area contributed by atoms with E-state index in [1.165, 1.54) is 0 Å². The van der Waals surface area contributed by atoms with Crippen molar-refractivity contribution in [1.29, 1.82) is 0 Å². The number of carbonyl (C=O) groups excluding carboxylic acids is 1. The van der Waals surface area contributed by atoms with Gasteiger partial charge in [-0.3, -0.25) is 9.48 Å². The lowest BCUT2D eigenvalue weighted by Gasteiger charge is -2.28. The van der Waals surface area contributed by atoms with Crippen LogP contribution in [-0.4, -0.2) is 32.2 Å². The van der Waals surface area contributed by atoms with Gasteiger partial charge in [0, 0.05) is 61.3 Å². The van der Waals surface area contributed by atoms with E-state index in [9.17, 15) is 13.6 Å². The highest BCUT2D eigenvalue weighted by atomic mass is 19.3. The first kappa shape index (κ1) is 19.6.